The lowest BCUT2D eigenvalue weighted by atomic mass is 9.98. The van der Waals surface area contributed by atoms with Crippen molar-refractivity contribution < 1.29 is 8.42 Å². The van der Waals surface area contributed by atoms with Gasteiger partial charge in [-0.25, -0.2) is 8.42 Å². The second kappa shape index (κ2) is 6.55. The number of sulfonamides is 1. The first-order chi connectivity index (χ1) is 11.0. The number of rotatable bonds is 4. The maximum atomic E-state index is 13.0. The standard InChI is InChI=1S/C17H23N3O2S/c1-13-10-15-4-3-5-16(17(15)19-11-13)23(21,22)20-8-6-14(7-9-20)12-18-2/h3-5,10-11,14,18H,6-9,12H2,1-2H3. The summed E-state index contributed by atoms with van der Waals surface area (Å²) in [5.74, 6) is 0.555. The van der Waals surface area contributed by atoms with Crippen LogP contribution in [-0.4, -0.2) is 44.4 Å². The number of hydrogen-bond acceptors (Lipinski definition) is 4. The lowest BCUT2D eigenvalue weighted by Crippen LogP contribution is -2.40. The fourth-order valence-corrected chi connectivity index (χ4v) is 4.87. The van der Waals surface area contributed by atoms with Gasteiger partial charge in [0.05, 0.1) is 5.52 Å². The number of pyridine rings is 1. The molecule has 1 aromatic heterocycles. The van der Waals surface area contributed by atoms with Crippen LogP contribution in [0.4, 0.5) is 0 Å². The van der Waals surface area contributed by atoms with Crippen LogP contribution in [0.2, 0.25) is 0 Å². The first kappa shape index (κ1) is 16.4. The van der Waals surface area contributed by atoms with Crippen LogP contribution in [0.25, 0.3) is 10.9 Å². The van der Waals surface area contributed by atoms with E-state index in [9.17, 15) is 8.42 Å². The monoisotopic (exact) mass is 333 g/mol. The molecule has 0 spiro atoms. The molecule has 2 heterocycles. The molecule has 2 aromatic rings. The number of para-hydroxylation sites is 1. The predicted octanol–water partition coefficient (Wildman–Crippen LogP) is 2.16. The summed E-state index contributed by atoms with van der Waals surface area (Å²) in [6, 6.07) is 7.35. The molecule has 1 fully saturated rings. The summed E-state index contributed by atoms with van der Waals surface area (Å²) in [6.45, 7) is 4.07. The molecular weight excluding hydrogens is 310 g/mol. The molecule has 23 heavy (non-hydrogen) atoms. The van der Waals surface area contributed by atoms with E-state index in [1.54, 1.807) is 22.6 Å². The van der Waals surface area contributed by atoms with Crippen LogP contribution in [0.3, 0.4) is 0 Å². The van der Waals surface area contributed by atoms with E-state index in [1.807, 2.05) is 26.1 Å². The Bertz CT molecular complexity index is 797. The normalized spacial score (nSPS) is 17.7. The number of aromatic nitrogens is 1. The van der Waals surface area contributed by atoms with E-state index < -0.39 is 10.0 Å². The molecule has 0 saturated carbocycles. The first-order valence-corrected chi connectivity index (χ1v) is 9.46. The Morgan fingerprint density at radius 3 is 2.74 bits per heavy atom. The summed E-state index contributed by atoms with van der Waals surface area (Å²) in [4.78, 5) is 4.69. The van der Waals surface area contributed by atoms with Gasteiger partial charge in [0.1, 0.15) is 4.90 Å². The quantitative estimate of drug-likeness (QED) is 0.931. The third kappa shape index (κ3) is 3.24. The van der Waals surface area contributed by atoms with Crippen molar-refractivity contribution in [2.24, 2.45) is 5.92 Å². The van der Waals surface area contributed by atoms with Crippen molar-refractivity contribution in [3.05, 3.63) is 36.0 Å². The molecule has 6 heteroatoms. The van der Waals surface area contributed by atoms with Gasteiger partial charge in [-0.1, -0.05) is 12.1 Å². The van der Waals surface area contributed by atoms with Crippen molar-refractivity contribution in [3.63, 3.8) is 0 Å². The van der Waals surface area contributed by atoms with Gasteiger partial charge in [-0.3, -0.25) is 4.98 Å². The van der Waals surface area contributed by atoms with Crippen LogP contribution < -0.4 is 5.32 Å². The minimum absolute atomic E-state index is 0.321. The molecule has 1 aliphatic rings. The largest absolute Gasteiger partial charge is 0.319 e. The highest BCUT2D eigenvalue weighted by Crippen LogP contribution is 2.28. The third-order valence-corrected chi connectivity index (χ3v) is 6.43. The first-order valence-electron chi connectivity index (χ1n) is 8.02. The minimum Gasteiger partial charge on any atom is -0.319 e. The molecule has 1 N–H and O–H groups in total. The van der Waals surface area contributed by atoms with Gasteiger partial charge in [-0.05, 0) is 57.0 Å². The Hall–Kier alpha value is -1.50. The van der Waals surface area contributed by atoms with Crippen molar-refractivity contribution in [2.75, 3.05) is 26.7 Å². The highest BCUT2D eigenvalue weighted by atomic mass is 32.2. The van der Waals surface area contributed by atoms with Crippen molar-refractivity contribution >= 4 is 20.9 Å². The average Bonchev–Trinajstić information content (AvgIpc) is 2.55. The van der Waals surface area contributed by atoms with Crippen LogP contribution >= 0.6 is 0 Å². The topological polar surface area (TPSA) is 62.3 Å². The Morgan fingerprint density at radius 1 is 1.30 bits per heavy atom. The number of nitrogens with zero attached hydrogens (tertiary/aromatic N) is 2. The van der Waals surface area contributed by atoms with E-state index in [4.69, 9.17) is 0 Å². The summed E-state index contributed by atoms with van der Waals surface area (Å²) in [5.41, 5.74) is 1.59. The van der Waals surface area contributed by atoms with Crippen molar-refractivity contribution in [2.45, 2.75) is 24.7 Å². The van der Waals surface area contributed by atoms with E-state index in [-0.39, 0.29) is 0 Å². The van der Waals surface area contributed by atoms with Crippen LogP contribution in [-0.2, 0) is 10.0 Å². The molecule has 3 rings (SSSR count). The fraction of sp³-hybridized carbons (Fsp3) is 0.471. The molecule has 1 saturated heterocycles. The van der Waals surface area contributed by atoms with Gasteiger partial charge in [0.15, 0.2) is 0 Å². The number of hydrogen-bond donors (Lipinski definition) is 1. The Kier molecular flexibility index (Phi) is 4.66. The summed E-state index contributed by atoms with van der Waals surface area (Å²) in [6.07, 6.45) is 3.52. The number of fused-ring (bicyclic) bond motifs is 1. The molecular formula is C17H23N3O2S. The van der Waals surface area contributed by atoms with E-state index in [0.717, 1.165) is 30.3 Å². The zero-order valence-electron chi connectivity index (χ0n) is 13.6. The molecule has 0 atom stereocenters. The molecule has 1 aromatic carbocycles. The molecule has 0 aliphatic carbocycles. The number of nitrogens with one attached hydrogen (secondary N) is 1. The third-order valence-electron chi connectivity index (χ3n) is 4.49. The maximum absolute atomic E-state index is 13.0. The zero-order chi connectivity index (χ0) is 16.4. The SMILES string of the molecule is CNCC1CCN(S(=O)(=O)c2cccc3cc(C)cnc23)CC1. The van der Waals surface area contributed by atoms with Crippen LogP contribution in [0, 0.1) is 12.8 Å². The van der Waals surface area contributed by atoms with Crippen LogP contribution in [0.1, 0.15) is 18.4 Å². The minimum atomic E-state index is -3.49. The van der Waals surface area contributed by atoms with Gasteiger partial charge in [-0.15, -0.1) is 0 Å². The summed E-state index contributed by atoms with van der Waals surface area (Å²) in [7, 11) is -1.55. The van der Waals surface area contributed by atoms with E-state index in [0.29, 0.717) is 29.4 Å². The highest BCUT2D eigenvalue weighted by molar-refractivity contribution is 7.89. The van der Waals surface area contributed by atoms with Crippen molar-refractivity contribution in [1.29, 1.82) is 0 Å². The maximum Gasteiger partial charge on any atom is 0.245 e. The van der Waals surface area contributed by atoms with Crippen molar-refractivity contribution in [1.82, 2.24) is 14.6 Å². The Morgan fingerprint density at radius 2 is 2.04 bits per heavy atom. The van der Waals surface area contributed by atoms with Gasteiger partial charge < -0.3 is 5.32 Å². The van der Waals surface area contributed by atoms with Gasteiger partial charge in [0, 0.05) is 24.7 Å². The fourth-order valence-electron chi connectivity index (χ4n) is 3.23. The molecule has 124 valence electrons. The van der Waals surface area contributed by atoms with Crippen molar-refractivity contribution in [3.8, 4) is 0 Å². The van der Waals surface area contributed by atoms with E-state index in [2.05, 4.69) is 10.3 Å². The Balaban J connectivity index is 1.92. The lowest BCUT2D eigenvalue weighted by Gasteiger charge is -2.31. The predicted molar refractivity (Wildman–Crippen MR) is 91.9 cm³/mol. The zero-order valence-corrected chi connectivity index (χ0v) is 14.4. The molecule has 0 bridgehead atoms. The molecule has 5 nitrogen and oxygen atoms in total. The molecule has 0 radical (unpaired) electrons. The second-order valence-electron chi connectivity index (χ2n) is 6.25. The van der Waals surface area contributed by atoms with Gasteiger partial charge in [0.2, 0.25) is 10.0 Å². The number of piperidine rings is 1. The second-order valence-corrected chi connectivity index (χ2v) is 8.15. The highest BCUT2D eigenvalue weighted by Gasteiger charge is 2.30. The number of benzene rings is 1. The summed E-state index contributed by atoms with van der Waals surface area (Å²) >= 11 is 0. The van der Waals surface area contributed by atoms with Gasteiger partial charge >= 0.3 is 0 Å². The molecule has 1 aliphatic heterocycles. The lowest BCUT2D eigenvalue weighted by molar-refractivity contribution is 0.271. The summed E-state index contributed by atoms with van der Waals surface area (Å²) < 4.78 is 27.6. The molecule has 0 amide bonds. The van der Waals surface area contributed by atoms with Gasteiger partial charge in [-0.2, -0.15) is 4.31 Å². The van der Waals surface area contributed by atoms with Gasteiger partial charge in [0.25, 0.3) is 0 Å². The molecule has 0 unspecified atom stereocenters. The van der Waals surface area contributed by atoms with Crippen LogP contribution in [0.5, 0.6) is 0 Å². The smallest absolute Gasteiger partial charge is 0.245 e. The van der Waals surface area contributed by atoms with E-state index in [1.165, 1.54) is 0 Å². The summed E-state index contributed by atoms with van der Waals surface area (Å²) in [5, 5.41) is 4.05. The Labute approximate surface area is 137 Å². The van der Waals surface area contributed by atoms with Crippen LogP contribution in [0.15, 0.2) is 35.4 Å². The number of aryl methyl sites for hydroxylation is 1. The average molecular weight is 333 g/mol. The van der Waals surface area contributed by atoms with E-state index >= 15 is 0 Å².